The van der Waals surface area contributed by atoms with Crippen LogP contribution in [-0.2, 0) is 11.2 Å². The molecule has 1 amide bonds. The van der Waals surface area contributed by atoms with Crippen LogP contribution in [0.5, 0.6) is 0 Å². The molecule has 3 heteroatoms. The van der Waals surface area contributed by atoms with Crippen molar-refractivity contribution in [3.63, 3.8) is 0 Å². The summed E-state index contributed by atoms with van der Waals surface area (Å²) in [6.45, 7) is 6.75. The maximum atomic E-state index is 12.2. The van der Waals surface area contributed by atoms with E-state index in [9.17, 15) is 4.79 Å². The van der Waals surface area contributed by atoms with Gasteiger partial charge in [0.05, 0.1) is 5.92 Å². The number of nitrogens with two attached hydrogens (primary N) is 1. The Morgan fingerprint density at radius 2 is 1.84 bits per heavy atom. The Labute approximate surface area is 116 Å². The molecule has 0 heterocycles. The average molecular weight is 262 g/mol. The predicted molar refractivity (Wildman–Crippen MR) is 79.8 cm³/mol. The zero-order valence-corrected chi connectivity index (χ0v) is 12.2. The van der Waals surface area contributed by atoms with Crippen molar-refractivity contribution in [3.05, 3.63) is 35.9 Å². The second-order valence-electron chi connectivity index (χ2n) is 5.66. The van der Waals surface area contributed by atoms with Gasteiger partial charge in [-0.1, -0.05) is 44.2 Å². The van der Waals surface area contributed by atoms with E-state index in [0.29, 0.717) is 18.9 Å². The first-order valence-electron chi connectivity index (χ1n) is 7.07. The van der Waals surface area contributed by atoms with Gasteiger partial charge in [-0.25, -0.2) is 0 Å². The molecule has 0 spiro atoms. The molecule has 1 aromatic carbocycles. The van der Waals surface area contributed by atoms with Crippen molar-refractivity contribution in [2.75, 3.05) is 6.54 Å². The van der Waals surface area contributed by atoms with Gasteiger partial charge >= 0.3 is 0 Å². The highest BCUT2D eigenvalue weighted by atomic mass is 16.1. The van der Waals surface area contributed by atoms with Crippen LogP contribution in [0.3, 0.4) is 0 Å². The highest BCUT2D eigenvalue weighted by Gasteiger charge is 2.19. The van der Waals surface area contributed by atoms with Crippen LogP contribution in [0.15, 0.2) is 30.3 Å². The maximum Gasteiger partial charge on any atom is 0.224 e. The molecular formula is C16H26N2O. The molecule has 106 valence electrons. The molecule has 0 aliphatic rings. The van der Waals surface area contributed by atoms with Crippen LogP contribution in [0.2, 0.25) is 0 Å². The zero-order valence-electron chi connectivity index (χ0n) is 12.2. The second kappa shape index (κ2) is 7.95. The van der Waals surface area contributed by atoms with Gasteiger partial charge in [-0.15, -0.1) is 0 Å². The minimum Gasteiger partial charge on any atom is -0.353 e. The van der Waals surface area contributed by atoms with E-state index in [2.05, 4.69) is 19.2 Å². The van der Waals surface area contributed by atoms with Crippen LogP contribution < -0.4 is 11.1 Å². The number of benzene rings is 1. The molecule has 1 aromatic rings. The summed E-state index contributed by atoms with van der Waals surface area (Å²) < 4.78 is 0. The second-order valence-corrected chi connectivity index (χ2v) is 5.66. The van der Waals surface area contributed by atoms with E-state index in [0.717, 1.165) is 12.0 Å². The average Bonchev–Trinajstić information content (AvgIpc) is 2.35. The Balaban J connectivity index is 2.52. The standard InChI is InChI=1S/C16H26N2O/c1-12(2)9-13(3)18-16(19)15(11-17)10-14-7-5-4-6-8-14/h4-8,12-13,15H,9-11,17H2,1-3H3,(H,18,19). The molecule has 0 aliphatic carbocycles. The van der Waals surface area contributed by atoms with Crippen LogP contribution in [0.4, 0.5) is 0 Å². The molecule has 2 unspecified atom stereocenters. The molecule has 2 atom stereocenters. The monoisotopic (exact) mass is 262 g/mol. The van der Waals surface area contributed by atoms with Crippen molar-refractivity contribution in [1.29, 1.82) is 0 Å². The molecule has 0 saturated carbocycles. The summed E-state index contributed by atoms with van der Waals surface area (Å²) in [5, 5.41) is 3.06. The largest absolute Gasteiger partial charge is 0.353 e. The SMILES string of the molecule is CC(C)CC(C)NC(=O)C(CN)Cc1ccccc1. The van der Waals surface area contributed by atoms with Crippen molar-refractivity contribution in [2.24, 2.45) is 17.6 Å². The Hall–Kier alpha value is -1.35. The summed E-state index contributed by atoms with van der Waals surface area (Å²) >= 11 is 0. The van der Waals surface area contributed by atoms with Crippen molar-refractivity contribution in [1.82, 2.24) is 5.32 Å². The Kier molecular flexibility index (Phi) is 6.57. The summed E-state index contributed by atoms with van der Waals surface area (Å²) in [5.74, 6) is 0.511. The smallest absolute Gasteiger partial charge is 0.224 e. The fraction of sp³-hybridized carbons (Fsp3) is 0.562. The van der Waals surface area contributed by atoms with E-state index in [1.165, 1.54) is 0 Å². The highest BCUT2D eigenvalue weighted by molar-refractivity contribution is 5.79. The van der Waals surface area contributed by atoms with E-state index in [4.69, 9.17) is 5.73 Å². The molecule has 0 saturated heterocycles. The molecule has 0 aliphatic heterocycles. The fourth-order valence-electron chi connectivity index (χ4n) is 2.31. The lowest BCUT2D eigenvalue weighted by Gasteiger charge is -2.20. The van der Waals surface area contributed by atoms with Crippen LogP contribution in [-0.4, -0.2) is 18.5 Å². The molecule has 0 radical (unpaired) electrons. The third-order valence-corrected chi connectivity index (χ3v) is 3.19. The number of nitrogens with one attached hydrogen (secondary N) is 1. The number of carbonyl (C=O) groups is 1. The molecule has 1 rings (SSSR count). The van der Waals surface area contributed by atoms with Gasteiger partial charge < -0.3 is 11.1 Å². The molecule has 0 aromatic heterocycles. The van der Waals surface area contributed by atoms with Gasteiger partial charge in [0.1, 0.15) is 0 Å². The molecule has 3 N–H and O–H groups in total. The van der Waals surface area contributed by atoms with E-state index in [1.807, 2.05) is 37.3 Å². The van der Waals surface area contributed by atoms with Crippen molar-refractivity contribution in [3.8, 4) is 0 Å². The summed E-state index contributed by atoms with van der Waals surface area (Å²) in [7, 11) is 0. The Morgan fingerprint density at radius 1 is 1.21 bits per heavy atom. The third-order valence-electron chi connectivity index (χ3n) is 3.19. The molecule has 19 heavy (non-hydrogen) atoms. The van der Waals surface area contributed by atoms with E-state index in [-0.39, 0.29) is 17.9 Å². The normalized spacial score (nSPS) is 14.2. The predicted octanol–water partition coefficient (Wildman–Crippen LogP) is 2.35. The van der Waals surface area contributed by atoms with Crippen LogP contribution in [0.25, 0.3) is 0 Å². The summed E-state index contributed by atoms with van der Waals surface area (Å²) in [5.41, 5.74) is 6.89. The van der Waals surface area contributed by atoms with Crippen molar-refractivity contribution in [2.45, 2.75) is 39.7 Å². The third kappa shape index (κ3) is 5.88. The van der Waals surface area contributed by atoms with Crippen molar-refractivity contribution < 1.29 is 4.79 Å². The van der Waals surface area contributed by atoms with Gasteiger partial charge in [0, 0.05) is 12.6 Å². The minimum absolute atomic E-state index is 0.0690. The van der Waals surface area contributed by atoms with Crippen LogP contribution in [0.1, 0.15) is 32.8 Å². The summed E-state index contributed by atoms with van der Waals surface area (Å²) in [4.78, 5) is 12.2. The van der Waals surface area contributed by atoms with Gasteiger partial charge in [-0.05, 0) is 31.2 Å². The molecule has 0 bridgehead atoms. The lowest BCUT2D eigenvalue weighted by molar-refractivity contribution is -0.125. The summed E-state index contributed by atoms with van der Waals surface area (Å²) in [6.07, 6.45) is 1.70. The Morgan fingerprint density at radius 3 is 2.37 bits per heavy atom. The maximum absolute atomic E-state index is 12.2. The van der Waals surface area contributed by atoms with Gasteiger partial charge in [0.15, 0.2) is 0 Å². The number of amides is 1. The molecule has 0 fully saturated rings. The lowest BCUT2D eigenvalue weighted by atomic mass is 9.97. The number of carbonyl (C=O) groups excluding carboxylic acids is 1. The quantitative estimate of drug-likeness (QED) is 0.792. The van der Waals surface area contributed by atoms with Crippen LogP contribution >= 0.6 is 0 Å². The number of hydrogen-bond donors (Lipinski definition) is 2. The lowest BCUT2D eigenvalue weighted by Crippen LogP contribution is -2.41. The fourth-order valence-corrected chi connectivity index (χ4v) is 2.31. The minimum atomic E-state index is -0.142. The van der Waals surface area contributed by atoms with Gasteiger partial charge in [0.25, 0.3) is 0 Å². The van der Waals surface area contributed by atoms with Crippen molar-refractivity contribution >= 4 is 5.91 Å². The highest BCUT2D eigenvalue weighted by Crippen LogP contribution is 2.10. The van der Waals surface area contributed by atoms with Gasteiger partial charge in [-0.3, -0.25) is 4.79 Å². The topological polar surface area (TPSA) is 55.1 Å². The first kappa shape index (κ1) is 15.7. The first-order valence-corrected chi connectivity index (χ1v) is 7.07. The van der Waals surface area contributed by atoms with Gasteiger partial charge in [-0.2, -0.15) is 0 Å². The Bertz CT molecular complexity index is 376. The molecule has 3 nitrogen and oxygen atoms in total. The van der Waals surface area contributed by atoms with E-state index in [1.54, 1.807) is 0 Å². The molecular weight excluding hydrogens is 236 g/mol. The van der Waals surface area contributed by atoms with E-state index >= 15 is 0 Å². The summed E-state index contributed by atoms with van der Waals surface area (Å²) in [6, 6.07) is 10.2. The first-order chi connectivity index (χ1) is 9.02. The number of rotatable bonds is 7. The number of hydrogen-bond acceptors (Lipinski definition) is 2. The zero-order chi connectivity index (χ0) is 14.3. The van der Waals surface area contributed by atoms with Gasteiger partial charge in [0.2, 0.25) is 5.91 Å². The van der Waals surface area contributed by atoms with Crippen LogP contribution in [0, 0.1) is 11.8 Å². The van der Waals surface area contributed by atoms with E-state index < -0.39 is 0 Å².